The van der Waals surface area contributed by atoms with Crippen LogP contribution in [-0.2, 0) is 22.6 Å². The number of benzene rings is 2. The summed E-state index contributed by atoms with van der Waals surface area (Å²) in [6.07, 6.45) is 3.42. The van der Waals surface area contributed by atoms with Gasteiger partial charge >= 0.3 is 5.97 Å². The van der Waals surface area contributed by atoms with Crippen molar-refractivity contribution in [2.45, 2.75) is 19.4 Å². The number of aromatic nitrogens is 3. The van der Waals surface area contributed by atoms with Gasteiger partial charge in [0.1, 0.15) is 0 Å². The van der Waals surface area contributed by atoms with Crippen LogP contribution in [0.3, 0.4) is 0 Å². The van der Waals surface area contributed by atoms with Gasteiger partial charge in [0.2, 0.25) is 5.82 Å². The van der Waals surface area contributed by atoms with Crippen molar-refractivity contribution < 1.29 is 24.7 Å². The number of halogens is 1. The van der Waals surface area contributed by atoms with Gasteiger partial charge in [-0.25, -0.2) is 14.5 Å². The number of carboxylic acids is 2. The quantitative estimate of drug-likeness (QED) is 0.315. The third-order valence-electron chi connectivity index (χ3n) is 6.73. The lowest BCUT2D eigenvalue weighted by Crippen LogP contribution is -3.10. The first-order valence-corrected chi connectivity index (χ1v) is 13.4. The van der Waals surface area contributed by atoms with Gasteiger partial charge < -0.3 is 15.0 Å². The molecule has 0 aliphatic carbocycles. The van der Waals surface area contributed by atoms with Gasteiger partial charge in [-0.3, -0.25) is 14.6 Å². The van der Waals surface area contributed by atoms with E-state index in [1.54, 1.807) is 4.68 Å². The number of rotatable bonds is 7. The van der Waals surface area contributed by atoms with E-state index < -0.39 is 11.9 Å². The number of aryl methyl sites for hydroxylation is 1. The number of quaternary nitrogens is 1. The van der Waals surface area contributed by atoms with Gasteiger partial charge in [-0.2, -0.15) is 5.10 Å². The van der Waals surface area contributed by atoms with Gasteiger partial charge in [-0.05, 0) is 36.2 Å². The molecule has 0 atom stereocenters. The molecule has 0 bridgehead atoms. The number of nitrogens with one attached hydrogen (secondary N) is 1. The lowest BCUT2D eigenvalue weighted by atomic mass is 10.0. The number of hydrogen-bond donors (Lipinski definition) is 2. The number of aliphatic carboxylic acids is 2. The number of carbonyl (C=O) groups excluding carboxylic acids is 1. The average molecular weight is 564 g/mol. The number of piperazine rings is 1. The molecule has 1 saturated heterocycles. The number of hydrogen-bond acceptors (Lipinski definition) is 7. The molecule has 2 aromatic heterocycles. The standard InChI is InChI=1S/C27H28ClN5O.C2H2O4/c28-22-11-9-21(10-12-22)20-25-23-6-1-2-7-24(23)27(34)33(30-25)15-5-14-31-16-18-32(19-17-31)26-8-3-4-13-29-26;3-1(4)2(5)6/h1-4,6-13H,5,14-20H2;(H,3,4)(H,5,6). The van der Waals surface area contributed by atoms with Gasteiger partial charge in [0, 0.05) is 55.3 Å². The highest BCUT2D eigenvalue weighted by Crippen LogP contribution is 2.18. The van der Waals surface area contributed by atoms with Crippen LogP contribution in [0, 0.1) is 0 Å². The Morgan fingerprint density at radius 2 is 1.60 bits per heavy atom. The van der Waals surface area contributed by atoms with E-state index in [0.717, 1.165) is 67.0 Å². The molecule has 5 rings (SSSR count). The zero-order valence-corrected chi connectivity index (χ0v) is 22.6. The molecule has 10 nitrogen and oxygen atoms in total. The summed E-state index contributed by atoms with van der Waals surface area (Å²) in [5.74, 6) is -2.88. The largest absolute Gasteiger partial charge is 0.539 e. The van der Waals surface area contributed by atoms with Crippen LogP contribution in [0.5, 0.6) is 0 Å². The zero-order chi connectivity index (χ0) is 28.5. The minimum Gasteiger partial charge on any atom is -0.539 e. The summed E-state index contributed by atoms with van der Waals surface area (Å²) < 4.78 is 1.66. The SMILES string of the molecule is O=C([O-])C(=O)O.O=c1c2ccccc2c(Cc2ccc(Cl)cc2)nn1CCCN1CC[NH+](c2ccccn2)CC1. The highest BCUT2D eigenvalue weighted by Gasteiger charge is 2.22. The summed E-state index contributed by atoms with van der Waals surface area (Å²) in [6.45, 7) is 5.75. The first kappa shape index (κ1) is 28.9. The van der Waals surface area contributed by atoms with E-state index in [1.807, 2.05) is 60.8 Å². The van der Waals surface area contributed by atoms with Gasteiger partial charge in [0.05, 0.1) is 24.2 Å². The Kier molecular flexibility index (Phi) is 9.96. The van der Waals surface area contributed by atoms with Gasteiger partial charge in [-0.1, -0.05) is 48.0 Å². The van der Waals surface area contributed by atoms with Gasteiger partial charge in [-0.15, -0.1) is 0 Å². The molecule has 1 aliphatic heterocycles. The normalized spacial score (nSPS) is 13.9. The Balaban J connectivity index is 0.000000557. The average Bonchev–Trinajstić information content (AvgIpc) is 2.97. The molecule has 0 radical (unpaired) electrons. The number of carbonyl (C=O) groups is 2. The molecule has 208 valence electrons. The molecule has 0 unspecified atom stereocenters. The summed E-state index contributed by atoms with van der Waals surface area (Å²) in [7, 11) is 0. The highest BCUT2D eigenvalue weighted by molar-refractivity contribution is 6.30. The third-order valence-corrected chi connectivity index (χ3v) is 6.99. The van der Waals surface area contributed by atoms with Crippen molar-refractivity contribution in [1.29, 1.82) is 0 Å². The molecule has 1 aliphatic rings. The molecule has 2 N–H and O–H groups in total. The molecule has 11 heteroatoms. The van der Waals surface area contributed by atoms with Crippen molar-refractivity contribution in [3.8, 4) is 0 Å². The Labute approximate surface area is 236 Å². The van der Waals surface area contributed by atoms with Crippen molar-refractivity contribution in [1.82, 2.24) is 19.7 Å². The molecule has 0 amide bonds. The fourth-order valence-electron chi connectivity index (χ4n) is 4.70. The van der Waals surface area contributed by atoms with Crippen molar-refractivity contribution >= 4 is 40.1 Å². The Bertz CT molecular complexity index is 1490. The maximum Gasteiger partial charge on any atom is 0.351 e. The van der Waals surface area contributed by atoms with Crippen LogP contribution in [0.15, 0.2) is 77.7 Å². The second-order valence-corrected chi connectivity index (χ2v) is 9.87. The first-order valence-electron chi connectivity index (χ1n) is 13.0. The van der Waals surface area contributed by atoms with Crippen molar-refractivity contribution in [2.75, 3.05) is 32.7 Å². The smallest absolute Gasteiger partial charge is 0.351 e. The van der Waals surface area contributed by atoms with E-state index in [4.69, 9.17) is 36.5 Å². The molecular weight excluding hydrogens is 534 g/mol. The zero-order valence-electron chi connectivity index (χ0n) is 21.8. The maximum atomic E-state index is 13.1. The second-order valence-electron chi connectivity index (χ2n) is 9.43. The van der Waals surface area contributed by atoms with Crippen LogP contribution < -0.4 is 15.6 Å². The highest BCUT2D eigenvalue weighted by atomic mass is 35.5. The minimum absolute atomic E-state index is 0.0140. The summed E-state index contributed by atoms with van der Waals surface area (Å²) in [6, 6.07) is 21.7. The molecule has 4 aromatic rings. The van der Waals surface area contributed by atoms with Gasteiger partial charge in [0.15, 0.2) is 5.97 Å². The minimum atomic E-state index is -2.07. The van der Waals surface area contributed by atoms with Crippen LogP contribution in [0.25, 0.3) is 10.8 Å². The summed E-state index contributed by atoms with van der Waals surface area (Å²) in [5.41, 5.74) is 2.03. The number of nitrogens with zero attached hydrogens (tertiary/aromatic N) is 4. The molecule has 2 aromatic carbocycles. The second kappa shape index (κ2) is 13.8. The lowest BCUT2D eigenvalue weighted by Gasteiger charge is -2.31. The number of fused-ring (bicyclic) bond motifs is 1. The molecule has 0 spiro atoms. The monoisotopic (exact) mass is 563 g/mol. The van der Waals surface area contributed by atoms with Crippen LogP contribution in [0.2, 0.25) is 5.02 Å². The van der Waals surface area contributed by atoms with E-state index >= 15 is 0 Å². The molecule has 40 heavy (non-hydrogen) atoms. The Hall–Kier alpha value is -4.12. The molecular formula is C29H30ClN5O5. The van der Waals surface area contributed by atoms with Crippen LogP contribution in [0.1, 0.15) is 17.7 Å². The predicted octanol–water partition coefficient (Wildman–Crippen LogP) is 0.779. The molecule has 0 saturated carbocycles. The number of carboxylic acid groups (broad SMARTS) is 2. The fourth-order valence-corrected chi connectivity index (χ4v) is 4.83. The van der Waals surface area contributed by atoms with Gasteiger partial charge in [0.25, 0.3) is 5.56 Å². The molecule has 3 heterocycles. The summed E-state index contributed by atoms with van der Waals surface area (Å²) >= 11 is 6.05. The van der Waals surface area contributed by atoms with Crippen molar-refractivity contribution in [3.05, 3.63) is 99.6 Å². The Morgan fingerprint density at radius 3 is 2.23 bits per heavy atom. The first-order chi connectivity index (χ1) is 19.3. The van der Waals surface area contributed by atoms with E-state index in [9.17, 15) is 4.79 Å². The van der Waals surface area contributed by atoms with Crippen molar-refractivity contribution in [3.63, 3.8) is 0 Å². The topological polar surface area (TPSA) is 133 Å². The van der Waals surface area contributed by atoms with Crippen LogP contribution in [-0.4, -0.2) is 69.4 Å². The van der Waals surface area contributed by atoms with E-state index in [-0.39, 0.29) is 5.56 Å². The number of pyridine rings is 1. The van der Waals surface area contributed by atoms with Crippen LogP contribution >= 0.6 is 11.6 Å². The van der Waals surface area contributed by atoms with E-state index in [2.05, 4.69) is 22.0 Å². The third kappa shape index (κ3) is 7.72. The van der Waals surface area contributed by atoms with E-state index in [0.29, 0.717) is 18.0 Å². The van der Waals surface area contributed by atoms with E-state index in [1.165, 1.54) is 4.90 Å². The fraction of sp³-hybridized carbons (Fsp3) is 0.276. The Morgan fingerprint density at radius 1 is 0.950 bits per heavy atom. The summed E-state index contributed by atoms with van der Waals surface area (Å²) in [4.78, 5) is 39.6. The lowest BCUT2D eigenvalue weighted by molar-refractivity contribution is -0.840. The summed E-state index contributed by atoms with van der Waals surface area (Å²) in [5, 5.41) is 23.5. The molecule has 1 fully saturated rings. The van der Waals surface area contributed by atoms with Crippen molar-refractivity contribution in [2.24, 2.45) is 0 Å². The maximum absolute atomic E-state index is 13.1. The predicted molar refractivity (Wildman–Crippen MR) is 149 cm³/mol. The van der Waals surface area contributed by atoms with Crippen LogP contribution in [0.4, 0.5) is 5.82 Å².